The van der Waals surface area contributed by atoms with Crippen molar-refractivity contribution in [1.82, 2.24) is 19.7 Å². The van der Waals surface area contributed by atoms with Crippen LogP contribution >= 0.6 is 22.6 Å². The zero-order chi connectivity index (χ0) is 17.8. The lowest BCUT2D eigenvalue weighted by Crippen LogP contribution is -2.27. The number of carbonyl (C=O) groups is 1. The third-order valence-corrected chi connectivity index (χ3v) is 5.16. The van der Waals surface area contributed by atoms with E-state index in [1.165, 1.54) is 0 Å². The van der Waals surface area contributed by atoms with E-state index in [1.807, 2.05) is 61.4 Å². The van der Waals surface area contributed by atoms with Crippen LogP contribution in [-0.4, -0.2) is 20.3 Å². The summed E-state index contributed by atoms with van der Waals surface area (Å²) in [6.45, 7) is 4.57. The second-order valence-electron chi connectivity index (χ2n) is 6.05. The van der Waals surface area contributed by atoms with Gasteiger partial charge in [0.15, 0.2) is 0 Å². The van der Waals surface area contributed by atoms with Gasteiger partial charge in [0.25, 0.3) is 0 Å². The fraction of sp³-hybridized carbons (Fsp3) is 0.263. The summed E-state index contributed by atoms with van der Waals surface area (Å²) in [6, 6.07) is 12.2. The number of hydrogen-bond donors (Lipinski definition) is 1. The van der Waals surface area contributed by atoms with E-state index in [1.54, 1.807) is 0 Å². The first-order valence-corrected chi connectivity index (χ1v) is 9.33. The molecule has 2 aromatic heterocycles. The maximum atomic E-state index is 12.2. The van der Waals surface area contributed by atoms with Crippen LogP contribution in [-0.2, 0) is 11.3 Å². The van der Waals surface area contributed by atoms with Crippen molar-refractivity contribution in [3.8, 4) is 5.69 Å². The number of carbonyl (C=O) groups excluding carboxylic acids is 1. The minimum Gasteiger partial charge on any atom is -0.350 e. The van der Waals surface area contributed by atoms with Crippen molar-refractivity contribution in [3.63, 3.8) is 0 Å². The normalized spacial score (nSPS) is 12.1. The number of benzene rings is 1. The van der Waals surface area contributed by atoms with Crippen LogP contribution in [0.3, 0.4) is 0 Å². The first kappa shape index (κ1) is 17.7. The second-order valence-corrected chi connectivity index (χ2v) is 7.21. The molecule has 1 atom stereocenters. The summed E-state index contributed by atoms with van der Waals surface area (Å²) in [5.41, 5.74) is 3.17. The van der Waals surface area contributed by atoms with Crippen molar-refractivity contribution < 1.29 is 4.79 Å². The minimum atomic E-state index is -0.0393. The quantitative estimate of drug-likeness (QED) is 0.583. The van der Waals surface area contributed by atoms with Crippen LogP contribution in [0.5, 0.6) is 0 Å². The summed E-state index contributed by atoms with van der Waals surface area (Å²) in [5, 5.41) is 7.46. The largest absolute Gasteiger partial charge is 0.350 e. The number of rotatable bonds is 6. The van der Waals surface area contributed by atoms with E-state index in [2.05, 4.69) is 49.7 Å². The Bertz CT molecular complexity index is 835. The lowest BCUT2D eigenvalue weighted by molar-refractivity contribution is -0.122. The third kappa shape index (κ3) is 4.50. The molecule has 0 saturated carbocycles. The van der Waals surface area contributed by atoms with Crippen molar-refractivity contribution in [3.05, 3.63) is 69.8 Å². The summed E-state index contributed by atoms with van der Waals surface area (Å²) in [5.74, 6) is 0.0297. The molecule has 0 saturated heterocycles. The summed E-state index contributed by atoms with van der Waals surface area (Å²) < 4.78 is 5.00. The zero-order valence-corrected chi connectivity index (χ0v) is 16.5. The Morgan fingerprint density at radius 1 is 1.28 bits per heavy atom. The SMILES string of the molecule is Cc1nn(CCC(=O)NC(C)c2cccc(-n3cccc3)c2)cc1I. The Balaban J connectivity index is 1.59. The average Bonchev–Trinajstić information content (AvgIpc) is 3.24. The predicted molar refractivity (Wildman–Crippen MR) is 107 cm³/mol. The molecule has 0 radical (unpaired) electrons. The molecule has 3 rings (SSSR count). The van der Waals surface area contributed by atoms with Gasteiger partial charge in [-0.05, 0) is 66.3 Å². The number of amides is 1. The number of aromatic nitrogens is 3. The van der Waals surface area contributed by atoms with Crippen LogP contribution in [0.25, 0.3) is 5.69 Å². The van der Waals surface area contributed by atoms with Crippen LogP contribution < -0.4 is 5.32 Å². The topological polar surface area (TPSA) is 51.9 Å². The molecule has 25 heavy (non-hydrogen) atoms. The van der Waals surface area contributed by atoms with Gasteiger partial charge >= 0.3 is 0 Å². The van der Waals surface area contributed by atoms with Gasteiger partial charge in [0.2, 0.25) is 5.91 Å². The van der Waals surface area contributed by atoms with E-state index in [9.17, 15) is 4.79 Å². The average molecular weight is 448 g/mol. The smallest absolute Gasteiger partial charge is 0.222 e. The highest BCUT2D eigenvalue weighted by molar-refractivity contribution is 14.1. The van der Waals surface area contributed by atoms with E-state index in [0.717, 1.165) is 20.5 Å². The summed E-state index contributed by atoms with van der Waals surface area (Å²) in [6.07, 6.45) is 6.40. The van der Waals surface area contributed by atoms with Crippen molar-refractivity contribution in [2.24, 2.45) is 0 Å². The van der Waals surface area contributed by atoms with E-state index >= 15 is 0 Å². The number of hydrogen-bond acceptors (Lipinski definition) is 2. The predicted octanol–water partition coefficient (Wildman–Crippen LogP) is 3.85. The minimum absolute atomic E-state index is 0.0297. The van der Waals surface area contributed by atoms with E-state index in [-0.39, 0.29) is 11.9 Å². The Morgan fingerprint density at radius 2 is 2.04 bits per heavy atom. The molecule has 130 valence electrons. The fourth-order valence-electron chi connectivity index (χ4n) is 2.68. The van der Waals surface area contributed by atoms with Crippen molar-refractivity contribution in [2.75, 3.05) is 0 Å². The maximum absolute atomic E-state index is 12.2. The number of nitrogens with one attached hydrogen (secondary N) is 1. The molecule has 0 aliphatic carbocycles. The molecular formula is C19H21IN4O. The molecule has 3 aromatic rings. The highest BCUT2D eigenvalue weighted by atomic mass is 127. The van der Waals surface area contributed by atoms with E-state index in [0.29, 0.717) is 13.0 Å². The molecule has 0 aliphatic rings. The van der Waals surface area contributed by atoms with Crippen molar-refractivity contribution in [2.45, 2.75) is 32.9 Å². The Labute approximate surface area is 161 Å². The first-order chi connectivity index (χ1) is 12.0. The van der Waals surface area contributed by atoms with Crippen molar-refractivity contribution in [1.29, 1.82) is 0 Å². The molecule has 5 nitrogen and oxygen atoms in total. The fourth-order valence-corrected chi connectivity index (χ4v) is 3.11. The standard InChI is InChI=1S/C19H21IN4O/c1-14(16-6-5-7-17(12-16)23-9-3-4-10-23)21-19(25)8-11-24-13-18(20)15(2)22-24/h3-7,9-10,12-14H,8,11H2,1-2H3,(H,21,25). The van der Waals surface area contributed by atoms with Gasteiger partial charge in [0.1, 0.15) is 0 Å². The van der Waals surface area contributed by atoms with Crippen LogP contribution in [0.4, 0.5) is 0 Å². The van der Waals surface area contributed by atoms with Crippen LogP contribution in [0.2, 0.25) is 0 Å². The molecule has 1 aromatic carbocycles. The summed E-state index contributed by atoms with van der Waals surface area (Å²) >= 11 is 2.25. The molecule has 1 amide bonds. The van der Waals surface area contributed by atoms with Gasteiger partial charge in [0, 0.05) is 37.2 Å². The Hall–Kier alpha value is -2.09. The second kappa shape index (κ2) is 7.86. The number of aryl methyl sites for hydroxylation is 2. The van der Waals surface area contributed by atoms with Gasteiger partial charge in [0.05, 0.1) is 15.3 Å². The number of halogens is 1. The summed E-state index contributed by atoms with van der Waals surface area (Å²) in [7, 11) is 0. The summed E-state index contributed by atoms with van der Waals surface area (Å²) in [4.78, 5) is 12.2. The van der Waals surface area contributed by atoms with Gasteiger partial charge < -0.3 is 9.88 Å². The third-order valence-electron chi connectivity index (χ3n) is 4.10. The number of nitrogens with zero attached hydrogens (tertiary/aromatic N) is 3. The van der Waals surface area contributed by atoms with Gasteiger partial charge in [-0.3, -0.25) is 9.48 Å². The molecule has 0 bridgehead atoms. The van der Waals surface area contributed by atoms with Crippen LogP contribution in [0.15, 0.2) is 55.0 Å². The lowest BCUT2D eigenvalue weighted by Gasteiger charge is -2.16. The van der Waals surface area contributed by atoms with E-state index < -0.39 is 0 Å². The van der Waals surface area contributed by atoms with Gasteiger partial charge in [-0.1, -0.05) is 12.1 Å². The Morgan fingerprint density at radius 3 is 2.72 bits per heavy atom. The van der Waals surface area contributed by atoms with Gasteiger partial charge in [-0.15, -0.1) is 0 Å². The first-order valence-electron chi connectivity index (χ1n) is 8.25. The molecule has 1 unspecified atom stereocenters. The molecular weight excluding hydrogens is 427 g/mol. The Kier molecular flexibility index (Phi) is 5.57. The molecule has 1 N–H and O–H groups in total. The highest BCUT2D eigenvalue weighted by Crippen LogP contribution is 2.17. The van der Waals surface area contributed by atoms with Gasteiger partial charge in [-0.2, -0.15) is 5.10 Å². The van der Waals surface area contributed by atoms with Crippen LogP contribution in [0.1, 0.15) is 30.6 Å². The lowest BCUT2D eigenvalue weighted by atomic mass is 10.1. The van der Waals surface area contributed by atoms with Gasteiger partial charge in [-0.25, -0.2) is 0 Å². The monoisotopic (exact) mass is 448 g/mol. The zero-order valence-electron chi connectivity index (χ0n) is 14.3. The molecule has 6 heteroatoms. The highest BCUT2D eigenvalue weighted by Gasteiger charge is 2.11. The maximum Gasteiger partial charge on any atom is 0.222 e. The molecule has 0 fully saturated rings. The molecule has 0 aliphatic heterocycles. The molecule has 2 heterocycles. The van der Waals surface area contributed by atoms with E-state index in [4.69, 9.17) is 0 Å². The van der Waals surface area contributed by atoms with Crippen LogP contribution in [0, 0.1) is 10.5 Å². The molecule has 0 spiro atoms. The van der Waals surface area contributed by atoms with Crippen molar-refractivity contribution >= 4 is 28.5 Å².